The number of carbonyl (C=O) groups is 1. The fourth-order valence-electron chi connectivity index (χ4n) is 0.778. The normalized spacial score (nSPS) is 10.1. The molecule has 0 amide bonds. The van der Waals surface area contributed by atoms with E-state index in [0.29, 0.717) is 6.42 Å². The Balaban J connectivity index is 0.000000318. The molecule has 0 heterocycles. The zero-order chi connectivity index (χ0) is 13.3. The number of hydrogen-bond acceptors (Lipinski definition) is 4. The summed E-state index contributed by atoms with van der Waals surface area (Å²) >= 11 is 0. The molecule has 1 aromatic rings. The van der Waals surface area contributed by atoms with Gasteiger partial charge in [-0.15, -0.1) is 0 Å². The van der Waals surface area contributed by atoms with Gasteiger partial charge in [-0.3, -0.25) is 9.35 Å². The summed E-state index contributed by atoms with van der Waals surface area (Å²) in [7, 11) is -4.60. The first kappa shape index (κ1) is 15.5. The number of hydrogen-bond donors (Lipinski definition) is 1. The zero-order valence-electron chi connectivity index (χ0n) is 9.17. The SMILES string of the molecule is CCCC(=O)OS(=O)(=O)O.Fc1ccccc1. The second-order valence-corrected chi connectivity index (χ2v) is 3.95. The first-order chi connectivity index (χ1) is 7.85. The highest BCUT2D eigenvalue weighted by Crippen LogP contribution is 1.94. The van der Waals surface area contributed by atoms with Crippen LogP contribution in [0.2, 0.25) is 0 Å². The fraction of sp³-hybridized carbons (Fsp3) is 0.300. The molecule has 1 aromatic carbocycles. The molecule has 1 N–H and O–H groups in total. The summed E-state index contributed by atoms with van der Waals surface area (Å²) < 4.78 is 43.1. The third-order valence-corrected chi connectivity index (χ3v) is 1.78. The number of rotatable bonds is 3. The predicted octanol–water partition coefficient (Wildman–Crippen LogP) is 1.96. The van der Waals surface area contributed by atoms with Crippen LogP contribution in [0.15, 0.2) is 30.3 Å². The molecule has 0 saturated heterocycles. The third-order valence-electron chi connectivity index (χ3n) is 1.39. The van der Waals surface area contributed by atoms with E-state index < -0.39 is 16.4 Å². The van der Waals surface area contributed by atoms with Crippen LogP contribution in [0, 0.1) is 5.82 Å². The molecule has 7 heteroatoms. The fourth-order valence-corrected chi connectivity index (χ4v) is 1.10. The molecule has 0 unspecified atom stereocenters. The van der Waals surface area contributed by atoms with Crippen LogP contribution in [0.3, 0.4) is 0 Å². The smallest absolute Gasteiger partial charge is 0.325 e. The van der Waals surface area contributed by atoms with Crippen LogP contribution in [0.25, 0.3) is 0 Å². The summed E-state index contributed by atoms with van der Waals surface area (Å²) in [5.41, 5.74) is 0. The van der Waals surface area contributed by atoms with Crippen molar-refractivity contribution in [3.63, 3.8) is 0 Å². The topological polar surface area (TPSA) is 80.7 Å². The van der Waals surface area contributed by atoms with Crippen LogP contribution in [0.4, 0.5) is 4.39 Å². The van der Waals surface area contributed by atoms with Crippen molar-refractivity contribution in [2.45, 2.75) is 19.8 Å². The summed E-state index contributed by atoms with van der Waals surface area (Å²) in [4.78, 5) is 10.3. The first-order valence-electron chi connectivity index (χ1n) is 4.75. The lowest BCUT2D eigenvalue weighted by atomic mass is 10.4. The summed E-state index contributed by atoms with van der Waals surface area (Å²) in [5, 5.41) is 0. The molecule has 0 aliphatic rings. The summed E-state index contributed by atoms with van der Waals surface area (Å²) in [6, 6.07) is 7.94. The molecule has 0 atom stereocenters. The molecule has 0 aromatic heterocycles. The van der Waals surface area contributed by atoms with Gasteiger partial charge in [-0.25, -0.2) is 4.39 Å². The Bertz CT molecular complexity index is 429. The molecule has 17 heavy (non-hydrogen) atoms. The van der Waals surface area contributed by atoms with Crippen molar-refractivity contribution in [1.29, 1.82) is 0 Å². The average Bonchev–Trinajstić information content (AvgIpc) is 2.17. The Kier molecular flexibility index (Phi) is 7.08. The highest BCUT2D eigenvalue weighted by Gasteiger charge is 2.10. The summed E-state index contributed by atoms with van der Waals surface area (Å²) in [6.45, 7) is 1.69. The highest BCUT2D eigenvalue weighted by atomic mass is 32.3. The Morgan fingerprint density at radius 3 is 2.18 bits per heavy atom. The molecule has 0 aliphatic carbocycles. The Labute approximate surface area is 99.2 Å². The van der Waals surface area contributed by atoms with E-state index in [1.807, 2.05) is 0 Å². The number of benzene rings is 1. The molecule has 0 aliphatic heterocycles. The minimum atomic E-state index is -4.60. The zero-order valence-corrected chi connectivity index (χ0v) is 9.98. The van der Waals surface area contributed by atoms with Gasteiger partial charge in [-0.2, -0.15) is 8.42 Å². The Morgan fingerprint density at radius 1 is 1.35 bits per heavy atom. The van der Waals surface area contributed by atoms with Crippen molar-refractivity contribution in [3.8, 4) is 0 Å². The van der Waals surface area contributed by atoms with E-state index in [2.05, 4.69) is 4.18 Å². The Hall–Kier alpha value is -1.47. The van der Waals surface area contributed by atoms with Gasteiger partial charge in [0.1, 0.15) is 5.82 Å². The van der Waals surface area contributed by atoms with Crippen LogP contribution < -0.4 is 0 Å². The molecule has 0 spiro atoms. The second kappa shape index (κ2) is 7.75. The van der Waals surface area contributed by atoms with Gasteiger partial charge in [0.25, 0.3) is 0 Å². The van der Waals surface area contributed by atoms with E-state index in [9.17, 15) is 17.6 Å². The van der Waals surface area contributed by atoms with E-state index in [1.165, 1.54) is 12.1 Å². The molecule has 5 nitrogen and oxygen atoms in total. The molecular weight excluding hydrogens is 251 g/mol. The van der Waals surface area contributed by atoms with Crippen LogP contribution in [0.1, 0.15) is 19.8 Å². The van der Waals surface area contributed by atoms with Crippen LogP contribution in [0.5, 0.6) is 0 Å². The van der Waals surface area contributed by atoms with E-state index >= 15 is 0 Å². The predicted molar refractivity (Wildman–Crippen MR) is 58.9 cm³/mol. The van der Waals surface area contributed by atoms with Crippen LogP contribution >= 0.6 is 0 Å². The van der Waals surface area contributed by atoms with Crippen LogP contribution in [-0.2, 0) is 19.4 Å². The first-order valence-corrected chi connectivity index (χ1v) is 6.12. The van der Waals surface area contributed by atoms with Crippen molar-refractivity contribution in [2.24, 2.45) is 0 Å². The minimum Gasteiger partial charge on any atom is -0.325 e. The molecule has 1 rings (SSSR count). The molecule has 0 radical (unpaired) electrons. The largest absolute Gasteiger partial charge is 0.448 e. The summed E-state index contributed by atoms with van der Waals surface area (Å²) in [6.07, 6.45) is 0.466. The Morgan fingerprint density at radius 2 is 1.88 bits per heavy atom. The number of carbonyl (C=O) groups excluding carboxylic acids is 1. The van der Waals surface area contributed by atoms with Gasteiger partial charge >= 0.3 is 16.4 Å². The second-order valence-electron chi connectivity index (χ2n) is 2.93. The lowest BCUT2D eigenvalue weighted by molar-refractivity contribution is -0.134. The van der Waals surface area contributed by atoms with Crippen molar-refractivity contribution in [1.82, 2.24) is 0 Å². The monoisotopic (exact) mass is 264 g/mol. The van der Waals surface area contributed by atoms with Gasteiger partial charge in [0.15, 0.2) is 0 Å². The summed E-state index contributed by atoms with van der Waals surface area (Å²) in [5.74, 6) is -1.12. The van der Waals surface area contributed by atoms with E-state index in [1.54, 1.807) is 25.1 Å². The van der Waals surface area contributed by atoms with Gasteiger partial charge in [0.05, 0.1) is 0 Å². The maximum atomic E-state index is 11.9. The van der Waals surface area contributed by atoms with Gasteiger partial charge in [-0.05, 0) is 18.6 Å². The van der Waals surface area contributed by atoms with Gasteiger partial charge in [-0.1, -0.05) is 25.1 Å². The van der Waals surface area contributed by atoms with E-state index in [0.717, 1.165) is 0 Å². The van der Waals surface area contributed by atoms with Crippen molar-refractivity contribution in [3.05, 3.63) is 36.1 Å². The van der Waals surface area contributed by atoms with Gasteiger partial charge in [0, 0.05) is 6.42 Å². The lowest BCUT2D eigenvalue weighted by Crippen LogP contribution is -2.10. The molecular formula is C10H13FO5S. The van der Waals surface area contributed by atoms with E-state index in [-0.39, 0.29) is 12.2 Å². The highest BCUT2D eigenvalue weighted by molar-refractivity contribution is 7.81. The lowest BCUT2D eigenvalue weighted by Gasteiger charge is -1.95. The number of halogens is 1. The van der Waals surface area contributed by atoms with Crippen LogP contribution in [-0.4, -0.2) is 18.9 Å². The minimum absolute atomic E-state index is 0.0141. The van der Waals surface area contributed by atoms with Crippen molar-refractivity contribution < 1.29 is 26.3 Å². The molecule has 0 fully saturated rings. The average molecular weight is 264 g/mol. The standard InChI is InChI=1S/C6H5F.C4H8O5S/c7-6-4-2-1-3-5-6;1-2-3-4(5)9-10(6,7)8/h1-5H;2-3H2,1H3,(H,6,7,8). The van der Waals surface area contributed by atoms with E-state index in [4.69, 9.17) is 4.55 Å². The quantitative estimate of drug-likeness (QED) is 0.844. The molecule has 0 bridgehead atoms. The maximum absolute atomic E-state index is 11.9. The van der Waals surface area contributed by atoms with Gasteiger partial charge in [0.2, 0.25) is 0 Å². The van der Waals surface area contributed by atoms with Crippen molar-refractivity contribution >= 4 is 16.4 Å². The van der Waals surface area contributed by atoms with Gasteiger partial charge < -0.3 is 4.18 Å². The third kappa shape index (κ3) is 10.8. The molecule has 0 saturated carbocycles. The van der Waals surface area contributed by atoms with Crippen molar-refractivity contribution in [2.75, 3.05) is 0 Å². The maximum Gasteiger partial charge on any atom is 0.448 e. The molecule has 96 valence electrons.